The molecule has 104 valence electrons. The summed E-state index contributed by atoms with van der Waals surface area (Å²) in [6.07, 6.45) is 1.43. The monoisotopic (exact) mass is 273 g/mol. The molecule has 0 rings (SSSR count). The summed E-state index contributed by atoms with van der Waals surface area (Å²) >= 11 is 4.86. The first-order chi connectivity index (χ1) is 8.47. The average Bonchev–Trinajstić information content (AvgIpc) is 2.34. The molecular formula is C12H23N3O2S. The molecule has 0 spiro atoms. The molecule has 18 heavy (non-hydrogen) atoms. The van der Waals surface area contributed by atoms with Crippen LogP contribution in [0.4, 0.5) is 0 Å². The Labute approximate surface area is 114 Å². The normalized spacial score (nSPS) is 11.7. The highest BCUT2D eigenvalue weighted by Gasteiger charge is 2.21. The Kier molecular flexibility index (Phi) is 8.28. The lowest BCUT2D eigenvalue weighted by atomic mass is 10.0. The second kappa shape index (κ2) is 8.85. The molecule has 5 nitrogen and oxygen atoms in total. The maximum atomic E-state index is 11.8. The Bertz CT molecular complexity index is 304. The van der Waals surface area contributed by atoms with Crippen molar-refractivity contribution < 1.29 is 9.59 Å². The lowest BCUT2D eigenvalue weighted by Gasteiger charge is -2.20. The van der Waals surface area contributed by atoms with Gasteiger partial charge in [0.25, 0.3) is 0 Å². The van der Waals surface area contributed by atoms with Crippen LogP contribution in [0.2, 0.25) is 0 Å². The summed E-state index contributed by atoms with van der Waals surface area (Å²) in [5.74, 6) is -0.828. The zero-order valence-electron chi connectivity index (χ0n) is 11.4. The van der Waals surface area contributed by atoms with Gasteiger partial charge in [-0.2, -0.15) is 0 Å². The number of hydrogen-bond acceptors (Lipinski definition) is 3. The molecule has 0 aliphatic rings. The molecule has 0 radical (unpaired) electrons. The van der Waals surface area contributed by atoms with E-state index in [2.05, 4.69) is 5.32 Å². The fourth-order valence-corrected chi connectivity index (χ4v) is 1.89. The molecule has 1 unspecified atom stereocenters. The van der Waals surface area contributed by atoms with Gasteiger partial charge >= 0.3 is 0 Å². The number of nitrogens with two attached hydrogens (primary N) is 1. The van der Waals surface area contributed by atoms with Crippen LogP contribution in [-0.2, 0) is 9.59 Å². The summed E-state index contributed by atoms with van der Waals surface area (Å²) in [5, 5.41) is 2.60. The first kappa shape index (κ1) is 16.8. The Morgan fingerprint density at radius 3 is 2.22 bits per heavy atom. The predicted octanol–water partition coefficient (Wildman–Crippen LogP) is 0.673. The standard InChI is InChI=1S/C12H23N3O2S/c1-4-7-9(11(13)18)12(17)14-8-10(16)15(5-2)6-3/h9H,4-8H2,1-3H3,(H2,13,18)(H,14,17). The topological polar surface area (TPSA) is 75.4 Å². The highest BCUT2D eigenvalue weighted by Crippen LogP contribution is 2.06. The van der Waals surface area contributed by atoms with Crippen LogP contribution in [0.15, 0.2) is 0 Å². The summed E-state index contributed by atoms with van der Waals surface area (Å²) in [6, 6.07) is 0. The molecule has 0 saturated carbocycles. The zero-order chi connectivity index (χ0) is 14.1. The smallest absolute Gasteiger partial charge is 0.241 e. The molecule has 0 aromatic rings. The van der Waals surface area contributed by atoms with Gasteiger partial charge in [0.2, 0.25) is 11.8 Å². The molecule has 0 bridgehead atoms. The fraction of sp³-hybridized carbons (Fsp3) is 0.750. The summed E-state index contributed by atoms with van der Waals surface area (Å²) < 4.78 is 0. The molecule has 0 aliphatic carbocycles. The van der Waals surface area contributed by atoms with Crippen molar-refractivity contribution in [3.05, 3.63) is 0 Å². The highest BCUT2D eigenvalue weighted by molar-refractivity contribution is 7.80. The first-order valence-corrected chi connectivity index (χ1v) is 6.73. The lowest BCUT2D eigenvalue weighted by molar-refractivity contribution is -0.133. The third-order valence-corrected chi connectivity index (χ3v) is 3.05. The van der Waals surface area contributed by atoms with Crippen molar-refractivity contribution in [2.24, 2.45) is 11.7 Å². The molecule has 0 aromatic carbocycles. The van der Waals surface area contributed by atoms with E-state index in [9.17, 15) is 9.59 Å². The second-order valence-electron chi connectivity index (χ2n) is 4.03. The number of amides is 2. The van der Waals surface area contributed by atoms with Crippen LogP contribution < -0.4 is 11.1 Å². The second-order valence-corrected chi connectivity index (χ2v) is 4.50. The third-order valence-electron chi connectivity index (χ3n) is 2.77. The van der Waals surface area contributed by atoms with Crippen LogP contribution in [0.3, 0.4) is 0 Å². The largest absolute Gasteiger partial charge is 0.393 e. The molecule has 3 N–H and O–H groups in total. The predicted molar refractivity (Wildman–Crippen MR) is 76.1 cm³/mol. The van der Waals surface area contributed by atoms with Gasteiger partial charge in [0.1, 0.15) is 0 Å². The third kappa shape index (κ3) is 5.44. The van der Waals surface area contributed by atoms with Crippen LogP contribution in [0.25, 0.3) is 0 Å². The Morgan fingerprint density at radius 1 is 1.28 bits per heavy atom. The Balaban J connectivity index is 4.30. The van der Waals surface area contributed by atoms with Gasteiger partial charge in [-0.1, -0.05) is 25.6 Å². The Morgan fingerprint density at radius 2 is 1.83 bits per heavy atom. The first-order valence-electron chi connectivity index (χ1n) is 6.32. The van der Waals surface area contributed by atoms with Gasteiger partial charge in [-0.15, -0.1) is 0 Å². The van der Waals surface area contributed by atoms with E-state index in [1.54, 1.807) is 4.90 Å². The van der Waals surface area contributed by atoms with Crippen molar-refractivity contribution in [3.63, 3.8) is 0 Å². The SMILES string of the molecule is CCCC(C(=O)NCC(=O)N(CC)CC)C(N)=S. The van der Waals surface area contributed by atoms with E-state index >= 15 is 0 Å². The number of likely N-dealkylation sites (N-methyl/N-ethyl adjacent to an activating group) is 1. The molecule has 2 amide bonds. The van der Waals surface area contributed by atoms with Gasteiger partial charge < -0.3 is 16.0 Å². The lowest BCUT2D eigenvalue weighted by Crippen LogP contribution is -2.44. The van der Waals surface area contributed by atoms with E-state index in [0.717, 1.165) is 6.42 Å². The maximum Gasteiger partial charge on any atom is 0.241 e. The van der Waals surface area contributed by atoms with Gasteiger partial charge in [0.15, 0.2) is 0 Å². The molecule has 6 heteroatoms. The Hall–Kier alpha value is -1.17. The highest BCUT2D eigenvalue weighted by atomic mass is 32.1. The van der Waals surface area contributed by atoms with Crippen molar-refractivity contribution in [3.8, 4) is 0 Å². The van der Waals surface area contributed by atoms with E-state index in [-0.39, 0.29) is 23.3 Å². The van der Waals surface area contributed by atoms with Gasteiger partial charge in [0, 0.05) is 13.1 Å². The minimum Gasteiger partial charge on any atom is -0.393 e. The number of thiocarbonyl (C=S) groups is 1. The average molecular weight is 273 g/mol. The quantitative estimate of drug-likeness (QED) is 0.638. The number of carbonyl (C=O) groups excluding carboxylic acids is 2. The zero-order valence-corrected chi connectivity index (χ0v) is 12.2. The van der Waals surface area contributed by atoms with Gasteiger partial charge in [-0.05, 0) is 20.3 Å². The summed E-state index contributed by atoms with van der Waals surface area (Å²) in [4.78, 5) is 25.4. The van der Waals surface area contributed by atoms with Crippen molar-refractivity contribution in [1.82, 2.24) is 10.2 Å². The molecule has 0 aliphatic heterocycles. The van der Waals surface area contributed by atoms with Crippen molar-refractivity contribution in [1.29, 1.82) is 0 Å². The molecule has 0 fully saturated rings. The van der Waals surface area contributed by atoms with E-state index in [1.165, 1.54) is 0 Å². The van der Waals surface area contributed by atoms with E-state index in [1.807, 2.05) is 20.8 Å². The van der Waals surface area contributed by atoms with E-state index < -0.39 is 5.92 Å². The van der Waals surface area contributed by atoms with E-state index in [4.69, 9.17) is 18.0 Å². The number of rotatable bonds is 8. The van der Waals surface area contributed by atoms with Gasteiger partial charge in [-0.3, -0.25) is 9.59 Å². The fourth-order valence-electron chi connectivity index (χ4n) is 1.67. The van der Waals surface area contributed by atoms with Crippen LogP contribution >= 0.6 is 12.2 Å². The van der Waals surface area contributed by atoms with Crippen molar-refractivity contribution in [2.75, 3.05) is 19.6 Å². The molecule has 1 atom stereocenters. The minimum atomic E-state index is -0.477. The van der Waals surface area contributed by atoms with Crippen LogP contribution in [0.5, 0.6) is 0 Å². The summed E-state index contributed by atoms with van der Waals surface area (Å²) in [5.41, 5.74) is 5.52. The van der Waals surface area contributed by atoms with E-state index in [0.29, 0.717) is 19.5 Å². The molecular weight excluding hydrogens is 250 g/mol. The number of nitrogens with zero attached hydrogens (tertiary/aromatic N) is 1. The number of nitrogens with one attached hydrogen (secondary N) is 1. The minimum absolute atomic E-state index is 0.00331. The number of carbonyl (C=O) groups is 2. The van der Waals surface area contributed by atoms with Crippen molar-refractivity contribution in [2.45, 2.75) is 33.6 Å². The maximum absolute atomic E-state index is 11.8. The number of hydrogen-bond donors (Lipinski definition) is 2. The van der Waals surface area contributed by atoms with Crippen LogP contribution in [-0.4, -0.2) is 41.3 Å². The van der Waals surface area contributed by atoms with Gasteiger partial charge in [-0.25, -0.2) is 0 Å². The van der Waals surface area contributed by atoms with Crippen LogP contribution in [0, 0.1) is 5.92 Å². The summed E-state index contributed by atoms with van der Waals surface area (Å²) in [7, 11) is 0. The van der Waals surface area contributed by atoms with Crippen molar-refractivity contribution >= 4 is 29.0 Å². The molecule has 0 heterocycles. The summed E-state index contributed by atoms with van der Waals surface area (Å²) in [6.45, 7) is 7.04. The van der Waals surface area contributed by atoms with Crippen LogP contribution in [0.1, 0.15) is 33.6 Å². The molecule has 0 saturated heterocycles. The van der Waals surface area contributed by atoms with Gasteiger partial charge in [0.05, 0.1) is 17.5 Å². The molecule has 0 aromatic heterocycles.